The SMILES string of the molecule is COc1ccc(N2CCN(c3ccccc3Cl)C2=O)cc1O. The van der Waals surface area contributed by atoms with Gasteiger partial charge in [-0.1, -0.05) is 23.7 Å². The Morgan fingerprint density at radius 2 is 1.86 bits per heavy atom. The molecule has 0 aromatic heterocycles. The first kappa shape index (κ1) is 14.5. The Balaban J connectivity index is 1.88. The van der Waals surface area contributed by atoms with Crippen molar-refractivity contribution in [3.63, 3.8) is 0 Å². The molecule has 22 heavy (non-hydrogen) atoms. The second kappa shape index (κ2) is 5.77. The zero-order valence-electron chi connectivity index (χ0n) is 12.0. The predicted octanol–water partition coefficient (Wildman–Crippen LogP) is 3.50. The number of carbonyl (C=O) groups excluding carboxylic acids is 1. The minimum atomic E-state index is -0.169. The molecule has 3 rings (SSSR count). The van der Waals surface area contributed by atoms with Crippen molar-refractivity contribution in [3.05, 3.63) is 47.5 Å². The number of hydrogen-bond acceptors (Lipinski definition) is 3. The molecule has 0 aliphatic carbocycles. The van der Waals surface area contributed by atoms with Gasteiger partial charge in [0.15, 0.2) is 11.5 Å². The molecule has 114 valence electrons. The number of anilines is 2. The number of urea groups is 1. The van der Waals surface area contributed by atoms with Gasteiger partial charge >= 0.3 is 6.03 Å². The lowest BCUT2D eigenvalue weighted by molar-refractivity contribution is 0.256. The van der Waals surface area contributed by atoms with Crippen molar-refractivity contribution < 1.29 is 14.6 Å². The Bertz CT molecular complexity index is 720. The van der Waals surface area contributed by atoms with Crippen LogP contribution in [0.15, 0.2) is 42.5 Å². The Labute approximate surface area is 133 Å². The first-order valence-corrected chi connectivity index (χ1v) is 7.20. The van der Waals surface area contributed by atoms with E-state index in [0.29, 0.717) is 35.2 Å². The Hall–Kier alpha value is -2.40. The summed E-state index contributed by atoms with van der Waals surface area (Å²) in [5, 5.41) is 10.4. The van der Waals surface area contributed by atoms with Crippen LogP contribution in [0.3, 0.4) is 0 Å². The van der Waals surface area contributed by atoms with E-state index in [0.717, 1.165) is 0 Å². The average Bonchev–Trinajstić information content (AvgIpc) is 2.89. The van der Waals surface area contributed by atoms with Crippen LogP contribution in [0.4, 0.5) is 16.2 Å². The molecule has 2 aromatic carbocycles. The van der Waals surface area contributed by atoms with Gasteiger partial charge in [0.2, 0.25) is 0 Å². The maximum Gasteiger partial charge on any atom is 0.329 e. The lowest BCUT2D eigenvalue weighted by Gasteiger charge is -2.20. The molecule has 1 saturated heterocycles. The lowest BCUT2D eigenvalue weighted by Crippen LogP contribution is -2.31. The van der Waals surface area contributed by atoms with E-state index in [2.05, 4.69) is 0 Å². The number of ether oxygens (including phenoxy) is 1. The van der Waals surface area contributed by atoms with E-state index in [1.165, 1.54) is 13.2 Å². The molecule has 1 fully saturated rings. The number of carbonyl (C=O) groups is 1. The van der Waals surface area contributed by atoms with Gasteiger partial charge in [0.1, 0.15) is 0 Å². The number of amides is 2. The number of phenols is 1. The molecule has 0 radical (unpaired) electrons. The summed E-state index contributed by atoms with van der Waals surface area (Å²) in [4.78, 5) is 15.8. The Morgan fingerprint density at radius 3 is 2.55 bits per heavy atom. The van der Waals surface area contributed by atoms with Gasteiger partial charge in [0, 0.05) is 24.8 Å². The standard InChI is InChI=1S/C16H15ClN2O3/c1-22-15-7-6-11(10-14(15)20)18-8-9-19(16(18)21)13-5-3-2-4-12(13)17/h2-7,10,20H,8-9H2,1H3. The summed E-state index contributed by atoms with van der Waals surface area (Å²) in [5.41, 5.74) is 1.31. The Kier molecular flexibility index (Phi) is 3.81. The third-order valence-electron chi connectivity index (χ3n) is 3.63. The van der Waals surface area contributed by atoms with Crippen LogP contribution in [0.25, 0.3) is 0 Å². The number of nitrogens with zero attached hydrogens (tertiary/aromatic N) is 2. The van der Waals surface area contributed by atoms with Crippen molar-refractivity contribution >= 4 is 29.0 Å². The van der Waals surface area contributed by atoms with Gasteiger partial charge in [-0.3, -0.25) is 9.80 Å². The number of methoxy groups -OCH3 is 1. The van der Waals surface area contributed by atoms with Crippen molar-refractivity contribution in [2.45, 2.75) is 0 Å². The number of benzene rings is 2. The Morgan fingerprint density at radius 1 is 1.14 bits per heavy atom. The average molecular weight is 319 g/mol. The largest absolute Gasteiger partial charge is 0.504 e. The predicted molar refractivity (Wildman–Crippen MR) is 86.2 cm³/mol. The smallest absolute Gasteiger partial charge is 0.329 e. The first-order chi connectivity index (χ1) is 10.6. The molecule has 2 amide bonds. The summed E-state index contributed by atoms with van der Waals surface area (Å²) in [5.74, 6) is 0.377. The second-order valence-electron chi connectivity index (χ2n) is 4.89. The van der Waals surface area contributed by atoms with Crippen molar-refractivity contribution in [1.29, 1.82) is 0 Å². The third kappa shape index (κ3) is 2.44. The molecule has 1 heterocycles. The van der Waals surface area contributed by atoms with Gasteiger partial charge in [-0.15, -0.1) is 0 Å². The summed E-state index contributed by atoms with van der Waals surface area (Å²) in [6.45, 7) is 1.06. The van der Waals surface area contributed by atoms with Crippen LogP contribution in [0.5, 0.6) is 11.5 Å². The van der Waals surface area contributed by atoms with Gasteiger partial charge in [-0.2, -0.15) is 0 Å². The van der Waals surface area contributed by atoms with Crippen LogP contribution in [-0.2, 0) is 0 Å². The van der Waals surface area contributed by atoms with E-state index in [1.54, 1.807) is 28.0 Å². The van der Waals surface area contributed by atoms with E-state index in [-0.39, 0.29) is 11.8 Å². The van der Waals surface area contributed by atoms with Crippen LogP contribution in [-0.4, -0.2) is 31.3 Å². The number of para-hydroxylation sites is 1. The van der Waals surface area contributed by atoms with Crippen molar-refractivity contribution in [2.75, 3.05) is 30.0 Å². The van der Waals surface area contributed by atoms with Crippen LogP contribution in [0.1, 0.15) is 0 Å². The van der Waals surface area contributed by atoms with Crippen LogP contribution >= 0.6 is 11.6 Å². The molecule has 6 heteroatoms. The quantitative estimate of drug-likeness (QED) is 0.942. The monoisotopic (exact) mass is 318 g/mol. The highest BCUT2D eigenvalue weighted by molar-refractivity contribution is 6.34. The van der Waals surface area contributed by atoms with Gasteiger partial charge in [-0.05, 0) is 24.3 Å². The number of phenolic OH excluding ortho intramolecular Hbond substituents is 1. The van der Waals surface area contributed by atoms with Crippen molar-refractivity contribution in [1.82, 2.24) is 0 Å². The highest BCUT2D eigenvalue weighted by atomic mass is 35.5. The molecular weight excluding hydrogens is 304 g/mol. The maximum atomic E-state index is 12.6. The minimum Gasteiger partial charge on any atom is -0.504 e. The topological polar surface area (TPSA) is 53.0 Å². The first-order valence-electron chi connectivity index (χ1n) is 6.82. The normalized spacial score (nSPS) is 14.5. The summed E-state index contributed by atoms with van der Waals surface area (Å²) >= 11 is 6.16. The third-order valence-corrected chi connectivity index (χ3v) is 3.95. The number of halogens is 1. The molecule has 0 atom stereocenters. The summed E-state index contributed by atoms with van der Waals surface area (Å²) in [6.07, 6.45) is 0. The van der Waals surface area contributed by atoms with Gasteiger partial charge in [0.25, 0.3) is 0 Å². The second-order valence-corrected chi connectivity index (χ2v) is 5.30. The van der Waals surface area contributed by atoms with Gasteiger partial charge < -0.3 is 9.84 Å². The number of aromatic hydroxyl groups is 1. The fourth-order valence-electron chi connectivity index (χ4n) is 2.52. The molecule has 5 nitrogen and oxygen atoms in total. The zero-order valence-corrected chi connectivity index (χ0v) is 12.7. The van der Waals surface area contributed by atoms with Crippen LogP contribution < -0.4 is 14.5 Å². The lowest BCUT2D eigenvalue weighted by atomic mass is 10.2. The summed E-state index contributed by atoms with van der Waals surface area (Å²) in [6, 6.07) is 12.0. The van der Waals surface area contributed by atoms with E-state index in [1.807, 2.05) is 18.2 Å². The molecule has 0 bridgehead atoms. The maximum absolute atomic E-state index is 12.6. The molecule has 1 aliphatic heterocycles. The number of rotatable bonds is 3. The zero-order chi connectivity index (χ0) is 15.7. The van der Waals surface area contributed by atoms with Crippen molar-refractivity contribution in [3.8, 4) is 11.5 Å². The van der Waals surface area contributed by atoms with Crippen molar-refractivity contribution in [2.24, 2.45) is 0 Å². The van der Waals surface area contributed by atoms with E-state index >= 15 is 0 Å². The van der Waals surface area contributed by atoms with Crippen LogP contribution in [0.2, 0.25) is 5.02 Å². The van der Waals surface area contributed by atoms with E-state index < -0.39 is 0 Å². The number of hydrogen-bond donors (Lipinski definition) is 1. The molecule has 0 unspecified atom stereocenters. The van der Waals surface area contributed by atoms with E-state index in [9.17, 15) is 9.90 Å². The highest BCUT2D eigenvalue weighted by Crippen LogP contribution is 2.34. The molecule has 1 N–H and O–H groups in total. The summed E-state index contributed by atoms with van der Waals surface area (Å²) < 4.78 is 5.01. The minimum absolute atomic E-state index is 0.00370. The molecule has 1 aliphatic rings. The fraction of sp³-hybridized carbons (Fsp3) is 0.188. The molecule has 2 aromatic rings. The van der Waals surface area contributed by atoms with E-state index in [4.69, 9.17) is 16.3 Å². The molecule has 0 spiro atoms. The molecule has 0 saturated carbocycles. The highest BCUT2D eigenvalue weighted by Gasteiger charge is 2.31. The summed E-state index contributed by atoms with van der Waals surface area (Å²) in [7, 11) is 1.48. The molecular formula is C16H15ClN2O3. The van der Waals surface area contributed by atoms with Crippen LogP contribution in [0, 0.1) is 0 Å². The fourth-order valence-corrected chi connectivity index (χ4v) is 2.75. The van der Waals surface area contributed by atoms with Gasteiger partial charge in [0.05, 0.1) is 17.8 Å². The van der Waals surface area contributed by atoms with Gasteiger partial charge in [-0.25, -0.2) is 4.79 Å².